The molecule has 1 amide bonds. The standard InChI is InChI=1S/C61H87NO6Si/c1-11-69(12-2,36-23-34-66-43-49(46(4)42-61(8,9)10)33-32-45(3)41-60(5,6)7)37-35-67-58(64)50(38-47-24-15-13-16-25-47)40-57(63)56(39-48-26-17-14-18-27-48)62-59(65)68-44-55-53-30-21-19-28-51(53)52-29-20-22-31-54(52)55/h13-22,24-31,45-46,49-50,55-56H,11-12,23,32-44H2,1-10H3,(H,62,65)/t45?,46?,49?,50-,56+/m1/s1. The maximum Gasteiger partial charge on any atom is 0.407 e. The number of esters is 1. The predicted octanol–water partition coefficient (Wildman–Crippen LogP) is 14.9. The maximum atomic E-state index is 14.4. The Bertz CT molecular complexity index is 2130. The van der Waals surface area contributed by atoms with Crippen molar-refractivity contribution in [1.29, 1.82) is 0 Å². The molecular formula is C61H87NO6Si. The van der Waals surface area contributed by atoms with Gasteiger partial charge in [-0.2, -0.15) is 0 Å². The number of hydrogen-bond donors (Lipinski definition) is 1. The smallest absolute Gasteiger partial charge is 0.407 e. The molecule has 1 aliphatic carbocycles. The summed E-state index contributed by atoms with van der Waals surface area (Å²) < 4.78 is 18.6. The van der Waals surface area contributed by atoms with Crippen LogP contribution in [-0.2, 0) is 36.6 Å². The summed E-state index contributed by atoms with van der Waals surface area (Å²) in [5.74, 6) is 0.448. The molecule has 1 aliphatic rings. The van der Waals surface area contributed by atoms with Gasteiger partial charge in [0.05, 0.1) is 26.6 Å². The van der Waals surface area contributed by atoms with Crippen molar-refractivity contribution >= 4 is 25.9 Å². The Morgan fingerprint density at radius 2 is 1.20 bits per heavy atom. The summed E-state index contributed by atoms with van der Waals surface area (Å²) in [4.78, 5) is 42.3. The Labute approximate surface area is 418 Å². The van der Waals surface area contributed by atoms with Crippen LogP contribution in [0.5, 0.6) is 0 Å². The van der Waals surface area contributed by atoms with E-state index in [1.54, 1.807) is 0 Å². The lowest BCUT2D eigenvalue weighted by molar-refractivity contribution is -0.149. The minimum absolute atomic E-state index is 0.0682. The van der Waals surface area contributed by atoms with Gasteiger partial charge in [0.15, 0.2) is 5.78 Å². The number of Topliss-reactive ketones (excluding diaryl/α,β-unsaturated/α-hetero) is 1. The third kappa shape index (κ3) is 18.0. The number of amides is 1. The lowest BCUT2D eigenvalue weighted by Crippen LogP contribution is -2.44. The van der Waals surface area contributed by atoms with Crippen LogP contribution in [-0.4, -0.2) is 58.4 Å². The van der Waals surface area contributed by atoms with E-state index >= 15 is 0 Å². The second-order valence-corrected chi connectivity index (χ2v) is 28.4. The monoisotopic (exact) mass is 958 g/mol. The molecule has 0 aromatic heterocycles. The molecule has 5 rings (SSSR count). The number of ketones is 1. The number of ether oxygens (including phenoxy) is 3. The number of fused-ring (bicyclic) bond motifs is 3. The van der Waals surface area contributed by atoms with E-state index in [2.05, 4.69) is 98.8 Å². The highest BCUT2D eigenvalue weighted by molar-refractivity contribution is 6.79. The van der Waals surface area contributed by atoms with E-state index in [0.717, 1.165) is 77.2 Å². The summed E-state index contributed by atoms with van der Waals surface area (Å²) in [5.41, 5.74) is 7.01. The lowest BCUT2D eigenvalue weighted by Gasteiger charge is -2.32. The zero-order valence-corrected chi connectivity index (χ0v) is 45.1. The van der Waals surface area contributed by atoms with Crippen LogP contribution in [0.25, 0.3) is 11.1 Å². The number of benzene rings is 4. The van der Waals surface area contributed by atoms with Crippen LogP contribution >= 0.6 is 0 Å². The molecular weight excluding hydrogens is 871 g/mol. The van der Waals surface area contributed by atoms with Gasteiger partial charge in [0.25, 0.3) is 0 Å². The fourth-order valence-corrected chi connectivity index (χ4v) is 14.7. The first-order valence-corrected chi connectivity index (χ1v) is 29.2. The van der Waals surface area contributed by atoms with Crippen molar-refractivity contribution in [2.75, 3.05) is 26.4 Å². The highest BCUT2D eigenvalue weighted by Crippen LogP contribution is 2.44. The second kappa shape index (κ2) is 26.6. The molecule has 8 heteroatoms. The van der Waals surface area contributed by atoms with Gasteiger partial charge < -0.3 is 19.5 Å². The molecule has 0 aliphatic heterocycles. The van der Waals surface area contributed by atoms with Crippen molar-refractivity contribution in [2.45, 2.75) is 157 Å². The highest BCUT2D eigenvalue weighted by Gasteiger charge is 2.34. The molecule has 0 fully saturated rings. The summed E-state index contributed by atoms with van der Waals surface area (Å²) in [7, 11) is -1.76. The van der Waals surface area contributed by atoms with E-state index in [0.29, 0.717) is 36.2 Å². The number of alkyl carbamates (subject to hydrolysis) is 1. The van der Waals surface area contributed by atoms with Gasteiger partial charge in [0.1, 0.15) is 6.61 Å². The van der Waals surface area contributed by atoms with Gasteiger partial charge in [0.2, 0.25) is 0 Å². The topological polar surface area (TPSA) is 90.9 Å². The third-order valence-corrected chi connectivity index (χ3v) is 20.5. The van der Waals surface area contributed by atoms with Gasteiger partial charge in [-0.1, -0.05) is 203 Å². The van der Waals surface area contributed by atoms with Crippen molar-refractivity contribution in [2.24, 2.45) is 34.5 Å². The fourth-order valence-electron chi connectivity index (χ4n) is 11.1. The number of nitrogens with one attached hydrogen (secondary N) is 1. The number of hydrogen-bond acceptors (Lipinski definition) is 6. The summed E-state index contributed by atoms with van der Waals surface area (Å²) in [6.45, 7) is 25.6. The lowest BCUT2D eigenvalue weighted by atomic mass is 9.76. The third-order valence-electron chi connectivity index (χ3n) is 14.8. The van der Waals surface area contributed by atoms with E-state index in [1.165, 1.54) is 25.7 Å². The Morgan fingerprint density at radius 1 is 0.652 bits per heavy atom. The zero-order valence-electron chi connectivity index (χ0n) is 44.1. The normalized spacial score (nSPS) is 15.0. The Kier molecular flexibility index (Phi) is 21.4. The van der Waals surface area contributed by atoms with Crippen LogP contribution in [0.3, 0.4) is 0 Å². The molecule has 0 saturated heterocycles. The molecule has 69 heavy (non-hydrogen) atoms. The molecule has 0 bridgehead atoms. The molecule has 1 N–H and O–H groups in total. The minimum atomic E-state index is -1.76. The molecule has 376 valence electrons. The fraction of sp³-hybridized carbons (Fsp3) is 0.557. The SMILES string of the molecule is CC[Si](CC)(CCCOCC(CCC(C)CC(C)(C)C)C(C)CC(C)(C)C)CCOC(=O)[C@@H](CC(=O)[C@H](Cc1ccccc1)NC(=O)OCC1c2ccccc2-c2ccccc21)Cc1ccccc1. The van der Waals surface area contributed by atoms with Crippen molar-refractivity contribution < 1.29 is 28.6 Å². The molecule has 0 radical (unpaired) electrons. The van der Waals surface area contributed by atoms with Crippen LogP contribution < -0.4 is 5.32 Å². The van der Waals surface area contributed by atoms with Crippen LogP contribution in [0.15, 0.2) is 109 Å². The van der Waals surface area contributed by atoms with E-state index in [1.807, 2.05) is 84.9 Å². The predicted molar refractivity (Wildman–Crippen MR) is 287 cm³/mol. The summed E-state index contributed by atoms with van der Waals surface area (Å²) in [6, 6.07) is 39.3. The number of carbonyl (C=O) groups is 3. The van der Waals surface area contributed by atoms with E-state index in [-0.39, 0.29) is 42.5 Å². The Morgan fingerprint density at radius 3 is 1.77 bits per heavy atom. The molecule has 3 unspecified atom stereocenters. The van der Waals surface area contributed by atoms with Gasteiger partial charge in [-0.25, -0.2) is 4.79 Å². The molecule has 4 aromatic carbocycles. The average Bonchev–Trinajstić information content (AvgIpc) is 3.63. The Hall–Kier alpha value is -4.53. The maximum absolute atomic E-state index is 14.4. The van der Waals surface area contributed by atoms with E-state index in [9.17, 15) is 14.4 Å². The summed E-state index contributed by atoms with van der Waals surface area (Å²) in [6.07, 6.45) is 5.82. The highest BCUT2D eigenvalue weighted by atomic mass is 28.3. The Balaban J connectivity index is 1.19. The molecule has 7 nitrogen and oxygen atoms in total. The van der Waals surface area contributed by atoms with Crippen LogP contribution in [0, 0.1) is 34.5 Å². The first-order valence-electron chi connectivity index (χ1n) is 26.4. The quantitative estimate of drug-likeness (QED) is 0.0346. The van der Waals surface area contributed by atoms with Crippen molar-refractivity contribution in [3.8, 4) is 11.1 Å². The van der Waals surface area contributed by atoms with E-state index < -0.39 is 26.1 Å². The molecule has 0 saturated carbocycles. The minimum Gasteiger partial charge on any atom is -0.466 e. The van der Waals surface area contributed by atoms with Crippen LogP contribution in [0.1, 0.15) is 136 Å². The summed E-state index contributed by atoms with van der Waals surface area (Å²) in [5, 5.41) is 2.92. The molecule has 5 atom stereocenters. The average molecular weight is 958 g/mol. The van der Waals surface area contributed by atoms with Crippen LogP contribution in [0.4, 0.5) is 4.79 Å². The second-order valence-electron chi connectivity index (χ2n) is 23.0. The van der Waals surface area contributed by atoms with Crippen molar-refractivity contribution in [1.82, 2.24) is 5.32 Å². The number of rotatable bonds is 28. The van der Waals surface area contributed by atoms with Gasteiger partial charge in [-0.05, 0) is 107 Å². The first-order chi connectivity index (χ1) is 32.9. The molecule has 4 aromatic rings. The van der Waals surface area contributed by atoms with Gasteiger partial charge in [-0.3, -0.25) is 9.59 Å². The van der Waals surface area contributed by atoms with Gasteiger partial charge in [-0.15, -0.1) is 0 Å². The summed E-state index contributed by atoms with van der Waals surface area (Å²) >= 11 is 0. The van der Waals surface area contributed by atoms with E-state index in [4.69, 9.17) is 14.2 Å². The number of carbonyl (C=O) groups excluding carboxylic acids is 3. The zero-order chi connectivity index (χ0) is 50.0. The molecule has 0 heterocycles. The van der Waals surface area contributed by atoms with Crippen molar-refractivity contribution in [3.63, 3.8) is 0 Å². The molecule has 0 spiro atoms. The van der Waals surface area contributed by atoms with Gasteiger partial charge >= 0.3 is 12.1 Å². The largest absolute Gasteiger partial charge is 0.466 e. The van der Waals surface area contributed by atoms with Crippen molar-refractivity contribution in [3.05, 3.63) is 131 Å². The van der Waals surface area contributed by atoms with Gasteiger partial charge in [0, 0.05) is 25.6 Å². The van der Waals surface area contributed by atoms with Crippen LogP contribution in [0.2, 0.25) is 24.2 Å². The first kappa shape index (κ1) is 55.4.